The number of benzene rings is 1. The van der Waals surface area contributed by atoms with E-state index in [0.29, 0.717) is 10.4 Å². The van der Waals surface area contributed by atoms with Gasteiger partial charge in [-0.25, -0.2) is 13.0 Å². The van der Waals surface area contributed by atoms with Crippen molar-refractivity contribution in [3.05, 3.63) is 41.6 Å². The number of nitrogens with zero attached hydrogens (tertiary/aromatic N) is 3. The zero-order chi connectivity index (χ0) is 34.4. The number of aromatic nitrogens is 3. The van der Waals surface area contributed by atoms with E-state index >= 15 is 0 Å². The number of rotatable bonds is 13. The van der Waals surface area contributed by atoms with Gasteiger partial charge < -0.3 is 34.5 Å². The molecule has 0 bridgehead atoms. The van der Waals surface area contributed by atoms with Gasteiger partial charge in [0.15, 0.2) is 12.0 Å². The summed E-state index contributed by atoms with van der Waals surface area (Å²) in [7, 11) is -8.07. The standard InChI is InChI=1S/C27H37ClN7O10PS/c1-26(2,24(37)43-16-6-5-7-16)33-46(39,45-17-10-8-15(28)9-11-17)42-14-19-20(36)27(3,38)23(44-19)35-13-12-18-21(32-34-47(4,40)41)30-25(29)31-22(18)35/h8-13,16,19-20,23,34,36,38H,5-7,14H2,1-4H3,(H,33,39)(H3,29,30,31,32)/t19?,20-,23?,27-,46?/m1/s1. The molecule has 3 aromatic rings. The van der Waals surface area contributed by atoms with Crippen molar-refractivity contribution in [1.82, 2.24) is 24.5 Å². The second-order valence-electron chi connectivity index (χ2n) is 12.1. The van der Waals surface area contributed by atoms with Crippen LogP contribution in [0.2, 0.25) is 5.02 Å². The van der Waals surface area contributed by atoms with Crippen LogP contribution in [-0.4, -0.2) is 81.4 Å². The number of nitrogen functional groups attached to an aromatic ring is 1. The monoisotopic (exact) mass is 717 g/mol. The lowest BCUT2D eigenvalue weighted by Gasteiger charge is -2.33. The van der Waals surface area contributed by atoms with Gasteiger partial charge in [-0.05, 0) is 70.4 Å². The predicted octanol–water partition coefficient (Wildman–Crippen LogP) is 2.22. The van der Waals surface area contributed by atoms with Gasteiger partial charge in [-0.2, -0.15) is 15.1 Å². The molecule has 2 fully saturated rings. The summed E-state index contributed by atoms with van der Waals surface area (Å²) < 4.78 is 61.8. The van der Waals surface area contributed by atoms with Crippen molar-refractivity contribution >= 4 is 58.1 Å². The molecule has 1 aliphatic carbocycles. The molecule has 17 nitrogen and oxygen atoms in total. The molecule has 5 atom stereocenters. The molecule has 0 amide bonds. The predicted molar refractivity (Wildman–Crippen MR) is 171 cm³/mol. The van der Waals surface area contributed by atoms with Gasteiger partial charge in [0.2, 0.25) is 16.0 Å². The minimum atomic E-state index is -4.41. The molecule has 47 heavy (non-hydrogen) atoms. The molecule has 2 aromatic heterocycles. The van der Waals surface area contributed by atoms with Crippen molar-refractivity contribution in [2.45, 2.75) is 75.7 Å². The Morgan fingerprint density at radius 1 is 1.26 bits per heavy atom. The Balaban J connectivity index is 1.38. The van der Waals surface area contributed by atoms with E-state index in [2.05, 4.69) is 25.3 Å². The van der Waals surface area contributed by atoms with Crippen LogP contribution in [0.3, 0.4) is 0 Å². The Labute approximate surface area is 275 Å². The number of carbonyl (C=O) groups is 1. The van der Waals surface area contributed by atoms with Crippen molar-refractivity contribution in [1.29, 1.82) is 0 Å². The Kier molecular flexibility index (Phi) is 9.82. The molecule has 1 aromatic carbocycles. The first-order valence-corrected chi connectivity index (χ1v) is 18.3. The Morgan fingerprint density at radius 2 is 1.94 bits per heavy atom. The maximum Gasteiger partial charge on any atom is 0.459 e. The van der Waals surface area contributed by atoms with Crippen LogP contribution >= 0.6 is 19.3 Å². The summed E-state index contributed by atoms with van der Waals surface area (Å²) in [6, 6.07) is 7.47. The molecular formula is C27H37ClN7O10PS. The number of nitrogens with one attached hydrogen (secondary N) is 3. The number of hydrazine groups is 1. The average molecular weight is 718 g/mol. The van der Waals surface area contributed by atoms with Crippen molar-refractivity contribution < 1.29 is 46.5 Å². The molecule has 0 radical (unpaired) electrons. The van der Waals surface area contributed by atoms with Crippen molar-refractivity contribution in [2.75, 3.05) is 24.0 Å². The first kappa shape index (κ1) is 35.3. The quantitative estimate of drug-likeness (QED) is 0.0844. The number of sulfonamides is 1. The molecule has 3 heterocycles. The van der Waals surface area contributed by atoms with E-state index in [0.717, 1.165) is 25.5 Å². The maximum atomic E-state index is 14.2. The van der Waals surface area contributed by atoms with Gasteiger partial charge in [-0.3, -0.25) is 14.7 Å². The normalized spacial score (nSPS) is 24.9. The fraction of sp³-hybridized carbons (Fsp3) is 0.519. The molecule has 3 unspecified atom stereocenters. The Bertz CT molecular complexity index is 1790. The molecule has 1 saturated carbocycles. The van der Waals surface area contributed by atoms with Gasteiger partial charge in [0, 0.05) is 11.2 Å². The number of carbonyl (C=O) groups excluding carboxylic acids is 1. The summed E-state index contributed by atoms with van der Waals surface area (Å²) in [5, 5.41) is 25.9. The fourth-order valence-electron chi connectivity index (χ4n) is 4.92. The summed E-state index contributed by atoms with van der Waals surface area (Å²) in [5.41, 5.74) is 4.99. The highest BCUT2D eigenvalue weighted by molar-refractivity contribution is 7.88. The van der Waals surface area contributed by atoms with E-state index in [4.69, 9.17) is 35.9 Å². The van der Waals surface area contributed by atoms with Gasteiger partial charge in [0.05, 0.1) is 18.2 Å². The van der Waals surface area contributed by atoms with E-state index in [1.54, 1.807) is 0 Å². The van der Waals surface area contributed by atoms with Crippen LogP contribution in [0.4, 0.5) is 11.8 Å². The minimum Gasteiger partial charge on any atom is -0.461 e. The van der Waals surface area contributed by atoms with E-state index in [-0.39, 0.29) is 29.3 Å². The van der Waals surface area contributed by atoms with E-state index in [1.807, 2.05) is 0 Å². The highest BCUT2D eigenvalue weighted by atomic mass is 35.5. The van der Waals surface area contributed by atoms with Gasteiger partial charge in [-0.1, -0.05) is 11.6 Å². The lowest BCUT2D eigenvalue weighted by atomic mass is 9.96. The molecule has 2 aliphatic rings. The molecule has 1 saturated heterocycles. The number of hydrogen-bond acceptors (Lipinski definition) is 14. The first-order valence-electron chi connectivity index (χ1n) is 14.5. The van der Waals surface area contributed by atoms with Gasteiger partial charge in [-0.15, -0.1) is 4.83 Å². The van der Waals surface area contributed by atoms with Crippen LogP contribution in [0.5, 0.6) is 5.75 Å². The number of hydrogen-bond donors (Lipinski definition) is 6. The molecule has 0 spiro atoms. The number of aliphatic hydroxyl groups is 2. The Morgan fingerprint density at radius 3 is 2.55 bits per heavy atom. The van der Waals surface area contributed by atoms with Gasteiger partial charge >= 0.3 is 13.7 Å². The zero-order valence-electron chi connectivity index (χ0n) is 25.9. The summed E-state index contributed by atoms with van der Waals surface area (Å²) in [4.78, 5) is 23.3. The Hall–Kier alpha value is -3.06. The van der Waals surface area contributed by atoms with Crippen LogP contribution in [0.15, 0.2) is 36.5 Å². The summed E-state index contributed by atoms with van der Waals surface area (Å²) in [6.45, 7) is 3.69. The number of esters is 1. The van der Waals surface area contributed by atoms with Crippen LogP contribution in [0.25, 0.3) is 11.0 Å². The summed E-state index contributed by atoms with van der Waals surface area (Å²) in [5.74, 6) is -0.748. The van der Waals surface area contributed by atoms with E-state index in [1.165, 1.54) is 61.9 Å². The van der Waals surface area contributed by atoms with Crippen LogP contribution in [0, 0.1) is 0 Å². The smallest absolute Gasteiger partial charge is 0.459 e. The minimum absolute atomic E-state index is 0.0274. The molecule has 7 N–H and O–H groups in total. The topological polar surface area (TPSA) is 238 Å². The second kappa shape index (κ2) is 13.1. The fourth-order valence-corrected chi connectivity index (χ4v) is 7.01. The number of fused-ring (bicyclic) bond motifs is 1. The average Bonchev–Trinajstić information content (AvgIpc) is 3.46. The molecule has 20 heteroatoms. The van der Waals surface area contributed by atoms with E-state index < -0.39 is 59.9 Å². The van der Waals surface area contributed by atoms with Crippen LogP contribution < -0.4 is 25.6 Å². The number of anilines is 2. The highest BCUT2D eigenvalue weighted by Gasteiger charge is 2.54. The van der Waals surface area contributed by atoms with Crippen LogP contribution in [0.1, 0.15) is 46.3 Å². The maximum absolute atomic E-state index is 14.2. The van der Waals surface area contributed by atoms with Crippen molar-refractivity contribution in [2.24, 2.45) is 0 Å². The molecule has 5 rings (SSSR count). The van der Waals surface area contributed by atoms with Gasteiger partial charge in [0.25, 0.3) is 0 Å². The highest BCUT2D eigenvalue weighted by Crippen LogP contribution is 2.49. The third-order valence-electron chi connectivity index (χ3n) is 7.65. The van der Waals surface area contributed by atoms with Crippen LogP contribution in [-0.2, 0) is 33.4 Å². The number of nitrogens with two attached hydrogens (primary N) is 1. The lowest BCUT2D eigenvalue weighted by Crippen LogP contribution is -2.49. The van der Waals surface area contributed by atoms with Gasteiger partial charge in [0.1, 0.15) is 40.8 Å². The molecular weight excluding hydrogens is 681 g/mol. The van der Waals surface area contributed by atoms with Crippen molar-refractivity contribution in [3.8, 4) is 5.75 Å². The molecule has 1 aliphatic heterocycles. The molecule has 258 valence electrons. The SMILES string of the molecule is CC(C)(NP(=O)(OCC1OC(n2ccc3c(NNS(C)(=O)=O)nc(N)nc32)[C@](C)(O)[C@@H]1O)Oc1ccc(Cl)cc1)C(=O)OC1CCC1. The summed E-state index contributed by atoms with van der Waals surface area (Å²) >= 11 is 5.98. The van der Waals surface area contributed by atoms with E-state index in [9.17, 15) is 28.0 Å². The largest absolute Gasteiger partial charge is 0.461 e. The number of halogens is 1. The third-order valence-corrected chi connectivity index (χ3v) is 10.1. The first-order chi connectivity index (χ1) is 21.9. The number of ether oxygens (including phenoxy) is 2. The second-order valence-corrected chi connectivity index (χ2v) is 16.0. The zero-order valence-corrected chi connectivity index (χ0v) is 28.4. The summed E-state index contributed by atoms with van der Waals surface area (Å²) in [6.07, 6.45) is 0.462. The number of aliphatic hydroxyl groups excluding tert-OH is 1. The van der Waals surface area contributed by atoms with Crippen molar-refractivity contribution in [3.63, 3.8) is 0 Å². The lowest BCUT2D eigenvalue weighted by molar-refractivity contribution is -0.159. The third kappa shape index (κ3) is 7.98.